The lowest BCUT2D eigenvalue weighted by Crippen LogP contribution is -2.58. The first-order valence-electron chi connectivity index (χ1n) is 8.75. The fraction of sp³-hybridized carbons (Fsp3) is 0.526. The molecule has 133 valence electrons. The van der Waals surface area contributed by atoms with E-state index in [1.165, 1.54) is 0 Å². The second-order valence-corrected chi connectivity index (χ2v) is 6.74. The maximum Gasteiger partial charge on any atom is 0.230 e. The minimum absolute atomic E-state index is 0.0415. The van der Waals surface area contributed by atoms with Crippen LogP contribution in [0.2, 0.25) is 0 Å². The number of benzene rings is 1. The second-order valence-electron chi connectivity index (χ2n) is 6.74. The fourth-order valence-corrected chi connectivity index (χ4v) is 3.56. The van der Waals surface area contributed by atoms with Gasteiger partial charge in [-0.25, -0.2) is 0 Å². The molecule has 2 aliphatic rings. The lowest BCUT2D eigenvalue weighted by Gasteiger charge is -2.31. The van der Waals surface area contributed by atoms with Crippen LogP contribution in [0.4, 0.5) is 0 Å². The first-order valence-corrected chi connectivity index (χ1v) is 8.75. The van der Waals surface area contributed by atoms with Crippen molar-refractivity contribution in [3.8, 4) is 0 Å². The summed E-state index contributed by atoms with van der Waals surface area (Å²) in [5, 5.41) is 5.98. The molecular weight excluding hydrogens is 320 g/mol. The third-order valence-corrected chi connectivity index (χ3v) is 4.95. The van der Waals surface area contributed by atoms with E-state index in [1.54, 1.807) is 0 Å². The predicted octanol–water partition coefficient (Wildman–Crippen LogP) is 0.694. The van der Waals surface area contributed by atoms with Gasteiger partial charge < -0.3 is 15.4 Å². The Morgan fingerprint density at radius 2 is 2.16 bits per heavy atom. The van der Waals surface area contributed by atoms with Crippen molar-refractivity contribution in [3.05, 3.63) is 35.9 Å². The number of carbonyl (C=O) groups is 2. The summed E-state index contributed by atoms with van der Waals surface area (Å²) in [6.45, 7) is 0.842. The van der Waals surface area contributed by atoms with Crippen LogP contribution in [-0.4, -0.2) is 48.8 Å². The molecule has 2 fully saturated rings. The quantitative estimate of drug-likeness (QED) is 0.726. The van der Waals surface area contributed by atoms with Crippen LogP contribution in [0.1, 0.15) is 31.2 Å². The molecule has 0 aliphatic carbocycles. The van der Waals surface area contributed by atoms with E-state index in [0.29, 0.717) is 25.7 Å². The Morgan fingerprint density at radius 3 is 2.76 bits per heavy atom. The number of amides is 1. The summed E-state index contributed by atoms with van der Waals surface area (Å²) >= 11 is 0. The monoisotopic (exact) mass is 343 g/mol. The highest BCUT2D eigenvalue weighted by Gasteiger charge is 2.46. The molecule has 1 radical (unpaired) electrons. The van der Waals surface area contributed by atoms with E-state index < -0.39 is 17.7 Å². The molecule has 1 aromatic rings. The Balaban J connectivity index is 1.63. The molecule has 2 N–H and O–H groups in total. The standard InChI is InChI=1S/C19H23N2O4/c22-12-15(11-14-5-2-1-3-6-14)25-13-19(9-4-10-20-19)18(24)16-7-8-17(23)21-16/h1-3,5-6,15-16,20H,4,7-11,13H2,(H,21,23)/t15-,16-,19-/m0/s1. The zero-order valence-electron chi connectivity index (χ0n) is 14.1. The van der Waals surface area contributed by atoms with Gasteiger partial charge in [0.2, 0.25) is 12.2 Å². The van der Waals surface area contributed by atoms with E-state index in [-0.39, 0.29) is 18.3 Å². The zero-order valence-corrected chi connectivity index (χ0v) is 14.1. The summed E-state index contributed by atoms with van der Waals surface area (Å²) in [4.78, 5) is 35.6. The number of ether oxygens (including phenoxy) is 1. The van der Waals surface area contributed by atoms with Crippen LogP contribution in [0.5, 0.6) is 0 Å². The van der Waals surface area contributed by atoms with Gasteiger partial charge in [0.25, 0.3) is 0 Å². The predicted molar refractivity (Wildman–Crippen MR) is 91.7 cm³/mol. The molecule has 2 saturated heterocycles. The highest BCUT2D eigenvalue weighted by Crippen LogP contribution is 2.26. The van der Waals surface area contributed by atoms with Crippen LogP contribution in [0.15, 0.2) is 30.3 Å². The first-order chi connectivity index (χ1) is 12.1. The molecule has 6 heteroatoms. The maximum atomic E-state index is 12.9. The molecule has 1 aromatic carbocycles. The van der Waals surface area contributed by atoms with Crippen LogP contribution < -0.4 is 10.6 Å². The van der Waals surface area contributed by atoms with Crippen molar-refractivity contribution in [2.75, 3.05) is 13.2 Å². The van der Waals surface area contributed by atoms with Gasteiger partial charge in [0, 0.05) is 12.8 Å². The second kappa shape index (κ2) is 7.89. The van der Waals surface area contributed by atoms with Crippen molar-refractivity contribution < 1.29 is 19.1 Å². The van der Waals surface area contributed by atoms with Gasteiger partial charge in [-0.05, 0) is 31.4 Å². The van der Waals surface area contributed by atoms with Crippen molar-refractivity contribution in [1.29, 1.82) is 0 Å². The van der Waals surface area contributed by atoms with E-state index in [9.17, 15) is 14.4 Å². The lowest BCUT2D eigenvalue weighted by atomic mass is 9.88. The molecule has 0 saturated carbocycles. The maximum absolute atomic E-state index is 12.9. The summed E-state index contributed by atoms with van der Waals surface area (Å²) in [7, 11) is 0. The van der Waals surface area contributed by atoms with E-state index in [0.717, 1.165) is 18.5 Å². The number of ketones is 1. The number of nitrogens with one attached hydrogen (secondary N) is 2. The normalized spacial score (nSPS) is 27.0. The van der Waals surface area contributed by atoms with Crippen LogP contribution >= 0.6 is 0 Å². The van der Waals surface area contributed by atoms with Gasteiger partial charge in [0.05, 0.1) is 12.6 Å². The largest absolute Gasteiger partial charge is 0.367 e. The Hall–Kier alpha value is -2.05. The molecule has 3 rings (SSSR count). The van der Waals surface area contributed by atoms with Gasteiger partial charge in [-0.1, -0.05) is 30.3 Å². The third kappa shape index (κ3) is 4.14. The van der Waals surface area contributed by atoms with E-state index >= 15 is 0 Å². The summed E-state index contributed by atoms with van der Waals surface area (Å²) in [6, 6.07) is 9.12. The van der Waals surface area contributed by atoms with Gasteiger partial charge >= 0.3 is 0 Å². The summed E-state index contributed by atoms with van der Waals surface area (Å²) in [5.74, 6) is -0.129. The molecule has 0 spiro atoms. The smallest absolute Gasteiger partial charge is 0.230 e. The Bertz CT molecular complexity index is 626. The first kappa shape index (κ1) is 17.8. The van der Waals surface area contributed by atoms with E-state index in [1.807, 2.05) is 36.6 Å². The minimum Gasteiger partial charge on any atom is -0.367 e. The number of carbonyl (C=O) groups excluding carboxylic acids is 3. The highest BCUT2D eigenvalue weighted by atomic mass is 16.5. The Kier molecular flexibility index (Phi) is 5.60. The number of hydrogen-bond donors (Lipinski definition) is 2. The van der Waals surface area contributed by atoms with Gasteiger partial charge in [-0.3, -0.25) is 14.4 Å². The van der Waals surface area contributed by atoms with Crippen LogP contribution in [0, 0.1) is 0 Å². The summed E-state index contributed by atoms with van der Waals surface area (Å²) in [6.07, 6.45) is 4.05. The molecule has 0 bridgehead atoms. The SMILES string of the molecule is O=[C][C@H](Cc1ccccc1)OC[C@]1(C(=O)[C@@H]2CCC(=O)N2)CCCN1. The van der Waals surface area contributed by atoms with Crippen molar-refractivity contribution >= 4 is 18.0 Å². The molecule has 2 aliphatic heterocycles. The molecule has 0 unspecified atom stereocenters. The van der Waals surface area contributed by atoms with Crippen LogP contribution in [0.3, 0.4) is 0 Å². The van der Waals surface area contributed by atoms with Crippen molar-refractivity contribution in [3.63, 3.8) is 0 Å². The average molecular weight is 343 g/mol. The van der Waals surface area contributed by atoms with Gasteiger partial charge in [-0.2, -0.15) is 0 Å². The molecular formula is C19H23N2O4. The van der Waals surface area contributed by atoms with Crippen LogP contribution in [-0.2, 0) is 25.5 Å². The Morgan fingerprint density at radius 1 is 1.36 bits per heavy atom. The van der Waals surface area contributed by atoms with E-state index in [4.69, 9.17) is 4.74 Å². The highest BCUT2D eigenvalue weighted by molar-refractivity contribution is 5.98. The molecule has 25 heavy (non-hydrogen) atoms. The third-order valence-electron chi connectivity index (χ3n) is 4.95. The number of rotatable bonds is 8. The molecule has 3 atom stereocenters. The van der Waals surface area contributed by atoms with Gasteiger partial charge in [-0.15, -0.1) is 0 Å². The average Bonchev–Trinajstić information content (AvgIpc) is 3.29. The topological polar surface area (TPSA) is 84.5 Å². The molecule has 2 heterocycles. The molecule has 1 amide bonds. The van der Waals surface area contributed by atoms with E-state index in [2.05, 4.69) is 10.6 Å². The zero-order chi connectivity index (χ0) is 17.7. The summed E-state index contributed by atoms with van der Waals surface area (Å²) < 4.78 is 5.77. The van der Waals surface area contributed by atoms with Crippen LogP contribution in [0.25, 0.3) is 0 Å². The minimum atomic E-state index is -0.825. The Labute approximate surface area is 147 Å². The van der Waals surface area contributed by atoms with Crippen molar-refractivity contribution in [1.82, 2.24) is 10.6 Å². The number of Topliss-reactive ketones (excluding diaryl/α,β-unsaturated/α-hetero) is 1. The lowest BCUT2D eigenvalue weighted by molar-refractivity contribution is -0.131. The number of hydrogen-bond acceptors (Lipinski definition) is 5. The van der Waals surface area contributed by atoms with Crippen molar-refractivity contribution in [2.24, 2.45) is 0 Å². The van der Waals surface area contributed by atoms with Gasteiger partial charge in [0.15, 0.2) is 5.78 Å². The molecule has 0 aromatic heterocycles. The van der Waals surface area contributed by atoms with Gasteiger partial charge in [0.1, 0.15) is 11.6 Å². The van der Waals surface area contributed by atoms with Crippen molar-refractivity contribution in [2.45, 2.75) is 49.8 Å². The molecule has 6 nitrogen and oxygen atoms in total. The summed E-state index contributed by atoms with van der Waals surface area (Å²) in [5.41, 5.74) is 0.160. The fourth-order valence-electron chi connectivity index (χ4n) is 3.56.